The number of rotatable bonds is 8. The molecule has 106 valence electrons. The molecule has 0 unspecified atom stereocenters. The van der Waals surface area contributed by atoms with Crippen molar-refractivity contribution in [3.8, 4) is 0 Å². The van der Waals surface area contributed by atoms with Gasteiger partial charge in [0, 0.05) is 17.7 Å². The summed E-state index contributed by atoms with van der Waals surface area (Å²) in [7, 11) is -1.08. The summed E-state index contributed by atoms with van der Waals surface area (Å²) in [5.41, 5.74) is 1.22. The summed E-state index contributed by atoms with van der Waals surface area (Å²) in [4.78, 5) is 5.88. The molecule has 1 aromatic carbocycles. The third kappa shape index (κ3) is 8.27. The van der Waals surface area contributed by atoms with Crippen LogP contribution < -0.4 is 0 Å². The Morgan fingerprint density at radius 3 is 2.32 bits per heavy atom. The first kappa shape index (κ1) is 16.5. The van der Waals surface area contributed by atoms with E-state index in [0.717, 1.165) is 6.54 Å². The predicted octanol–water partition coefficient (Wildman–Crippen LogP) is 5.61. The number of aliphatic imine (C=N–C) groups is 1. The molecule has 19 heavy (non-hydrogen) atoms. The SMILES string of the molecule is CCCCCC/N=C/c1ccc(S[Si](C)(C)C)cc1. The normalized spacial score (nSPS) is 12.2. The van der Waals surface area contributed by atoms with Crippen LogP contribution in [0.3, 0.4) is 0 Å². The molecule has 0 heterocycles. The molecule has 0 fully saturated rings. The second-order valence-corrected chi connectivity index (χ2v) is 15.1. The van der Waals surface area contributed by atoms with E-state index in [2.05, 4.69) is 55.8 Å². The number of hydrogen-bond acceptors (Lipinski definition) is 2. The maximum atomic E-state index is 4.49. The highest BCUT2D eigenvalue weighted by atomic mass is 32.4. The fourth-order valence-corrected chi connectivity index (χ4v) is 5.28. The highest BCUT2D eigenvalue weighted by Gasteiger charge is 2.14. The zero-order valence-corrected chi connectivity index (χ0v) is 14.6. The zero-order chi connectivity index (χ0) is 14.1. The summed E-state index contributed by atoms with van der Waals surface area (Å²) in [6.45, 7) is 10.3. The van der Waals surface area contributed by atoms with Gasteiger partial charge in [-0.2, -0.15) is 11.2 Å². The van der Waals surface area contributed by atoms with E-state index in [4.69, 9.17) is 0 Å². The average Bonchev–Trinajstić information content (AvgIpc) is 2.34. The molecular weight excluding hydrogens is 266 g/mol. The highest BCUT2D eigenvalue weighted by molar-refractivity contribution is 8.28. The van der Waals surface area contributed by atoms with Crippen LogP contribution in [0, 0.1) is 0 Å². The molecule has 0 saturated carbocycles. The lowest BCUT2D eigenvalue weighted by atomic mass is 10.2. The van der Waals surface area contributed by atoms with Crippen molar-refractivity contribution in [2.75, 3.05) is 6.54 Å². The monoisotopic (exact) mass is 293 g/mol. The standard InChI is InChI=1S/C16H27NSSi/c1-5-6-7-8-13-17-14-15-9-11-16(12-10-15)18-19(2,3)4/h9-12,14H,5-8,13H2,1-4H3/b17-14+. The van der Waals surface area contributed by atoms with E-state index in [1.165, 1.54) is 36.1 Å². The van der Waals surface area contributed by atoms with E-state index in [9.17, 15) is 0 Å². The lowest BCUT2D eigenvalue weighted by molar-refractivity contribution is 0.676. The Kier molecular flexibility index (Phi) is 7.47. The topological polar surface area (TPSA) is 12.4 Å². The second-order valence-electron chi connectivity index (χ2n) is 5.88. The molecule has 1 rings (SSSR count). The minimum absolute atomic E-state index is 0.964. The quantitative estimate of drug-likeness (QED) is 0.344. The second kappa shape index (κ2) is 8.59. The summed E-state index contributed by atoms with van der Waals surface area (Å²) in [5, 5.41) is 0. The third-order valence-corrected chi connectivity index (χ3v) is 6.35. The Labute approximate surface area is 123 Å². The fourth-order valence-electron chi connectivity index (χ4n) is 1.78. The van der Waals surface area contributed by atoms with Gasteiger partial charge in [-0.25, -0.2) is 0 Å². The molecule has 0 N–H and O–H groups in total. The van der Waals surface area contributed by atoms with Gasteiger partial charge in [0.2, 0.25) is 0 Å². The zero-order valence-electron chi connectivity index (χ0n) is 12.8. The van der Waals surface area contributed by atoms with E-state index in [1.54, 1.807) is 0 Å². The van der Waals surface area contributed by atoms with Gasteiger partial charge in [-0.1, -0.05) is 58.0 Å². The molecule has 0 amide bonds. The van der Waals surface area contributed by atoms with E-state index < -0.39 is 7.22 Å². The van der Waals surface area contributed by atoms with E-state index in [-0.39, 0.29) is 0 Å². The maximum absolute atomic E-state index is 4.49. The summed E-state index contributed by atoms with van der Waals surface area (Å²) in [6, 6.07) is 8.80. The molecule has 0 spiro atoms. The van der Waals surface area contributed by atoms with Gasteiger partial charge in [0.05, 0.1) is 0 Å². The van der Waals surface area contributed by atoms with Crippen LogP contribution in [-0.2, 0) is 0 Å². The van der Waals surface area contributed by atoms with Crippen molar-refractivity contribution < 1.29 is 0 Å². The molecule has 0 radical (unpaired) electrons. The van der Waals surface area contributed by atoms with Crippen LogP contribution in [-0.4, -0.2) is 20.0 Å². The molecule has 0 saturated heterocycles. The Morgan fingerprint density at radius 1 is 1.05 bits per heavy atom. The Hall–Kier alpha value is -0.543. The fraction of sp³-hybridized carbons (Fsp3) is 0.562. The molecule has 1 nitrogen and oxygen atoms in total. The summed E-state index contributed by atoms with van der Waals surface area (Å²) >= 11 is 2.04. The van der Waals surface area contributed by atoms with Gasteiger partial charge >= 0.3 is 0 Å². The van der Waals surface area contributed by atoms with Gasteiger partial charge in [-0.05, 0) is 24.1 Å². The van der Waals surface area contributed by atoms with Gasteiger partial charge in [0.15, 0.2) is 0 Å². The lowest BCUT2D eigenvalue weighted by Crippen LogP contribution is -2.13. The first-order chi connectivity index (χ1) is 9.01. The first-order valence-corrected chi connectivity index (χ1v) is 12.3. The van der Waals surface area contributed by atoms with Gasteiger partial charge in [-0.3, -0.25) is 4.99 Å². The molecule has 3 heteroatoms. The number of nitrogens with zero attached hydrogens (tertiary/aromatic N) is 1. The number of hydrogen-bond donors (Lipinski definition) is 0. The number of unbranched alkanes of at least 4 members (excludes halogenated alkanes) is 3. The maximum Gasteiger partial charge on any atom is 0.114 e. The Bertz CT molecular complexity index is 379. The summed E-state index contributed by atoms with van der Waals surface area (Å²) < 4.78 is 0. The van der Waals surface area contributed by atoms with Gasteiger partial charge in [0.1, 0.15) is 7.22 Å². The highest BCUT2D eigenvalue weighted by Crippen LogP contribution is 2.28. The van der Waals surface area contributed by atoms with E-state index >= 15 is 0 Å². The van der Waals surface area contributed by atoms with Crippen LogP contribution in [0.2, 0.25) is 19.6 Å². The van der Waals surface area contributed by atoms with Gasteiger partial charge in [-0.15, -0.1) is 0 Å². The molecule has 0 aromatic heterocycles. The molecule has 0 bridgehead atoms. The molecule has 0 atom stereocenters. The van der Waals surface area contributed by atoms with Crippen molar-refractivity contribution >= 4 is 24.6 Å². The largest absolute Gasteiger partial charge is 0.293 e. The molecule has 1 aromatic rings. The number of benzene rings is 1. The first-order valence-electron chi connectivity index (χ1n) is 7.30. The molecular formula is C16H27NSSi. The van der Waals surface area contributed by atoms with Crippen molar-refractivity contribution in [1.29, 1.82) is 0 Å². The van der Waals surface area contributed by atoms with Crippen molar-refractivity contribution in [2.45, 2.75) is 57.1 Å². The van der Waals surface area contributed by atoms with Gasteiger partial charge < -0.3 is 0 Å². The summed E-state index contributed by atoms with van der Waals surface area (Å²) in [6.07, 6.45) is 7.15. The average molecular weight is 294 g/mol. The van der Waals surface area contributed by atoms with Crippen molar-refractivity contribution in [1.82, 2.24) is 0 Å². The Morgan fingerprint density at radius 2 is 1.74 bits per heavy atom. The van der Waals surface area contributed by atoms with E-state index in [0.29, 0.717) is 0 Å². The minimum atomic E-state index is -1.08. The van der Waals surface area contributed by atoms with Crippen LogP contribution in [0.4, 0.5) is 0 Å². The van der Waals surface area contributed by atoms with Crippen molar-refractivity contribution in [2.24, 2.45) is 4.99 Å². The molecule has 0 aliphatic rings. The Balaban J connectivity index is 2.37. The van der Waals surface area contributed by atoms with Crippen molar-refractivity contribution in [3.05, 3.63) is 29.8 Å². The molecule has 0 aliphatic carbocycles. The lowest BCUT2D eigenvalue weighted by Gasteiger charge is -2.14. The summed E-state index contributed by atoms with van der Waals surface area (Å²) in [5.74, 6) is 0. The van der Waals surface area contributed by atoms with Crippen LogP contribution in [0.25, 0.3) is 0 Å². The molecule has 0 aliphatic heterocycles. The van der Waals surface area contributed by atoms with Crippen LogP contribution in [0.5, 0.6) is 0 Å². The van der Waals surface area contributed by atoms with Crippen LogP contribution in [0.1, 0.15) is 38.2 Å². The minimum Gasteiger partial charge on any atom is -0.293 e. The van der Waals surface area contributed by atoms with E-state index in [1.807, 2.05) is 17.4 Å². The van der Waals surface area contributed by atoms with Crippen molar-refractivity contribution in [3.63, 3.8) is 0 Å². The smallest absolute Gasteiger partial charge is 0.114 e. The predicted molar refractivity (Wildman–Crippen MR) is 92.2 cm³/mol. The van der Waals surface area contributed by atoms with Crippen LogP contribution >= 0.6 is 11.2 Å². The van der Waals surface area contributed by atoms with Gasteiger partial charge in [0.25, 0.3) is 0 Å². The third-order valence-electron chi connectivity index (χ3n) is 2.69. The van der Waals surface area contributed by atoms with Crippen LogP contribution in [0.15, 0.2) is 34.2 Å².